The summed E-state index contributed by atoms with van der Waals surface area (Å²) in [6.07, 6.45) is 0. The lowest BCUT2D eigenvalue weighted by Crippen LogP contribution is -2.52. The van der Waals surface area contributed by atoms with Crippen molar-refractivity contribution in [1.82, 2.24) is 4.98 Å². The summed E-state index contributed by atoms with van der Waals surface area (Å²) in [5.41, 5.74) is 2.68. The van der Waals surface area contributed by atoms with E-state index in [9.17, 15) is 9.18 Å². The van der Waals surface area contributed by atoms with E-state index in [-0.39, 0.29) is 17.6 Å². The van der Waals surface area contributed by atoms with Gasteiger partial charge in [0.25, 0.3) is 0 Å². The number of nitrogens with one attached hydrogen (secondary N) is 1. The van der Waals surface area contributed by atoms with Gasteiger partial charge in [-0.1, -0.05) is 11.3 Å². The number of hydrogen-bond donors (Lipinski definition) is 1. The first-order chi connectivity index (χ1) is 12.5. The predicted octanol–water partition coefficient (Wildman–Crippen LogP) is 3.58. The van der Waals surface area contributed by atoms with Gasteiger partial charge in [-0.25, -0.2) is 9.37 Å². The van der Waals surface area contributed by atoms with Crippen LogP contribution in [0, 0.1) is 11.7 Å². The van der Waals surface area contributed by atoms with Crippen molar-refractivity contribution < 1.29 is 9.18 Å². The van der Waals surface area contributed by atoms with Crippen LogP contribution in [0.1, 0.15) is 0 Å². The topological polar surface area (TPSA) is 48.5 Å². The molecule has 0 atom stereocenters. The van der Waals surface area contributed by atoms with Crippen molar-refractivity contribution in [3.63, 3.8) is 0 Å². The van der Waals surface area contributed by atoms with Crippen LogP contribution in [0.4, 0.5) is 20.9 Å². The van der Waals surface area contributed by atoms with Crippen LogP contribution in [0.5, 0.6) is 0 Å². The maximum absolute atomic E-state index is 13.3. The molecule has 0 saturated carbocycles. The Morgan fingerprint density at radius 2 is 1.96 bits per heavy atom. The number of rotatable bonds is 4. The molecule has 0 aliphatic carbocycles. The standard InChI is InChI=1S/C19H19FN4OS/c1-23(2)15-6-4-14(5-7-15)21-18(25)12-10-24(11-12)19-22-16-8-3-13(20)9-17(16)26-19/h3-9,12H,10-11H2,1-2H3,(H,21,25). The van der Waals surface area contributed by atoms with Crippen molar-refractivity contribution in [2.75, 3.05) is 42.3 Å². The molecule has 1 aliphatic heterocycles. The molecule has 0 radical (unpaired) electrons. The van der Waals surface area contributed by atoms with Crippen LogP contribution in [0.3, 0.4) is 0 Å². The molecule has 1 aliphatic rings. The monoisotopic (exact) mass is 370 g/mol. The van der Waals surface area contributed by atoms with Gasteiger partial charge in [0.15, 0.2) is 5.13 Å². The van der Waals surface area contributed by atoms with Gasteiger partial charge in [-0.2, -0.15) is 0 Å². The molecule has 1 N–H and O–H groups in total. The van der Waals surface area contributed by atoms with Gasteiger partial charge in [0.1, 0.15) is 5.82 Å². The van der Waals surface area contributed by atoms with Crippen molar-refractivity contribution in [1.29, 1.82) is 0 Å². The predicted molar refractivity (Wildman–Crippen MR) is 105 cm³/mol. The van der Waals surface area contributed by atoms with Crippen LogP contribution in [-0.4, -0.2) is 38.1 Å². The molecule has 1 saturated heterocycles. The van der Waals surface area contributed by atoms with Gasteiger partial charge in [0.05, 0.1) is 16.1 Å². The number of hydrogen-bond acceptors (Lipinski definition) is 5. The average molecular weight is 370 g/mol. The van der Waals surface area contributed by atoms with Gasteiger partial charge in [0.2, 0.25) is 5.91 Å². The minimum atomic E-state index is -0.256. The summed E-state index contributed by atoms with van der Waals surface area (Å²) in [7, 11) is 3.96. The molecule has 0 bridgehead atoms. The summed E-state index contributed by atoms with van der Waals surface area (Å²) in [6, 6.07) is 12.4. The number of anilines is 3. The van der Waals surface area contributed by atoms with Gasteiger partial charge in [0, 0.05) is 38.6 Å². The molecular formula is C19H19FN4OS. The number of thiazole rings is 1. The van der Waals surface area contributed by atoms with Crippen molar-refractivity contribution in [2.24, 2.45) is 5.92 Å². The third kappa shape index (κ3) is 3.22. The van der Waals surface area contributed by atoms with Gasteiger partial charge in [-0.15, -0.1) is 0 Å². The zero-order valence-corrected chi connectivity index (χ0v) is 15.4. The van der Waals surface area contributed by atoms with Crippen LogP contribution in [-0.2, 0) is 4.79 Å². The summed E-state index contributed by atoms with van der Waals surface area (Å²) in [5.74, 6) is -0.299. The first-order valence-corrected chi connectivity index (χ1v) is 9.20. The Hall–Kier alpha value is -2.67. The highest BCUT2D eigenvalue weighted by atomic mass is 32.1. The normalized spacial score (nSPS) is 14.3. The maximum atomic E-state index is 13.3. The van der Waals surface area contributed by atoms with Crippen LogP contribution in [0.25, 0.3) is 10.2 Å². The number of fused-ring (bicyclic) bond motifs is 1. The van der Waals surface area contributed by atoms with E-state index >= 15 is 0 Å². The highest BCUT2D eigenvalue weighted by Crippen LogP contribution is 2.33. The van der Waals surface area contributed by atoms with Gasteiger partial charge < -0.3 is 15.1 Å². The molecule has 0 unspecified atom stereocenters. The van der Waals surface area contributed by atoms with Gasteiger partial charge >= 0.3 is 0 Å². The molecule has 0 spiro atoms. The van der Waals surface area contributed by atoms with E-state index in [0.717, 1.165) is 26.7 Å². The van der Waals surface area contributed by atoms with E-state index in [1.165, 1.54) is 23.5 Å². The average Bonchev–Trinajstić information content (AvgIpc) is 2.96. The Morgan fingerprint density at radius 3 is 2.65 bits per heavy atom. The maximum Gasteiger partial charge on any atom is 0.231 e. The smallest absolute Gasteiger partial charge is 0.231 e. The summed E-state index contributed by atoms with van der Waals surface area (Å²) in [5, 5.41) is 3.80. The molecule has 5 nitrogen and oxygen atoms in total. The molecule has 4 rings (SSSR count). The number of amides is 1. The van der Waals surface area contributed by atoms with E-state index < -0.39 is 0 Å². The lowest BCUT2D eigenvalue weighted by atomic mass is 10.00. The summed E-state index contributed by atoms with van der Waals surface area (Å²) in [4.78, 5) is 21.0. The number of carbonyl (C=O) groups excluding carboxylic acids is 1. The number of nitrogens with zero attached hydrogens (tertiary/aromatic N) is 3. The van der Waals surface area contributed by atoms with E-state index in [0.29, 0.717) is 13.1 Å². The molecular weight excluding hydrogens is 351 g/mol. The van der Waals surface area contributed by atoms with Gasteiger partial charge in [-0.05, 0) is 42.5 Å². The van der Waals surface area contributed by atoms with E-state index in [1.54, 1.807) is 6.07 Å². The first-order valence-electron chi connectivity index (χ1n) is 8.39. The third-order valence-corrected chi connectivity index (χ3v) is 5.59. The third-order valence-electron chi connectivity index (χ3n) is 4.51. The summed E-state index contributed by atoms with van der Waals surface area (Å²) in [6.45, 7) is 1.26. The minimum Gasteiger partial charge on any atom is -0.378 e. The second-order valence-electron chi connectivity index (χ2n) is 6.64. The molecule has 2 aromatic carbocycles. The molecule has 7 heteroatoms. The van der Waals surface area contributed by atoms with Crippen molar-refractivity contribution in [3.8, 4) is 0 Å². The fraction of sp³-hybridized carbons (Fsp3) is 0.263. The van der Waals surface area contributed by atoms with Crippen LogP contribution < -0.4 is 15.1 Å². The largest absolute Gasteiger partial charge is 0.378 e. The highest BCUT2D eigenvalue weighted by molar-refractivity contribution is 7.22. The Morgan fingerprint density at radius 1 is 1.23 bits per heavy atom. The quantitative estimate of drug-likeness (QED) is 0.763. The fourth-order valence-corrected chi connectivity index (χ4v) is 3.92. The number of halogens is 1. The number of aromatic nitrogens is 1. The van der Waals surface area contributed by atoms with E-state index in [4.69, 9.17) is 0 Å². The highest BCUT2D eigenvalue weighted by Gasteiger charge is 2.34. The lowest BCUT2D eigenvalue weighted by molar-refractivity contribution is -0.120. The molecule has 26 heavy (non-hydrogen) atoms. The number of benzene rings is 2. The molecule has 1 fully saturated rings. The Kier molecular flexibility index (Phi) is 4.24. The lowest BCUT2D eigenvalue weighted by Gasteiger charge is -2.37. The van der Waals surface area contributed by atoms with Crippen LogP contribution in [0.2, 0.25) is 0 Å². The molecule has 3 aromatic rings. The zero-order valence-electron chi connectivity index (χ0n) is 14.6. The van der Waals surface area contributed by atoms with Crippen LogP contribution in [0.15, 0.2) is 42.5 Å². The molecule has 1 aromatic heterocycles. The second kappa shape index (κ2) is 6.57. The van der Waals surface area contributed by atoms with Crippen molar-refractivity contribution in [3.05, 3.63) is 48.3 Å². The Bertz CT molecular complexity index is 948. The van der Waals surface area contributed by atoms with Crippen molar-refractivity contribution >= 4 is 44.0 Å². The Balaban J connectivity index is 1.36. The van der Waals surface area contributed by atoms with Crippen LogP contribution >= 0.6 is 11.3 Å². The molecule has 2 heterocycles. The second-order valence-corrected chi connectivity index (χ2v) is 7.65. The number of carbonyl (C=O) groups is 1. The fourth-order valence-electron chi connectivity index (χ4n) is 2.91. The SMILES string of the molecule is CN(C)c1ccc(NC(=O)C2CN(c3nc4ccc(F)cc4s3)C2)cc1. The molecule has 1 amide bonds. The summed E-state index contributed by atoms with van der Waals surface area (Å²) >= 11 is 1.46. The zero-order chi connectivity index (χ0) is 18.3. The molecule has 134 valence electrons. The first kappa shape index (κ1) is 16.8. The van der Waals surface area contributed by atoms with Gasteiger partial charge in [-0.3, -0.25) is 4.79 Å². The minimum absolute atomic E-state index is 0.0195. The van der Waals surface area contributed by atoms with E-state index in [1.807, 2.05) is 43.3 Å². The van der Waals surface area contributed by atoms with E-state index in [2.05, 4.69) is 15.2 Å². The van der Waals surface area contributed by atoms with Crippen molar-refractivity contribution in [2.45, 2.75) is 0 Å². The summed E-state index contributed by atoms with van der Waals surface area (Å²) < 4.78 is 14.1. The Labute approximate surface area is 155 Å².